The number of imidazole rings is 1. The first-order chi connectivity index (χ1) is 9.10. The molecule has 0 amide bonds. The molecular formula is C13H21N3O3. The summed E-state index contributed by atoms with van der Waals surface area (Å²) in [6.07, 6.45) is 3.09. The molecule has 5 atom stereocenters. The number of hydrogen-bond acceptors (Lipinski definition) is 5. The van der Waals surface area contributed by atoms with Crippen molar-refractivity contribution < 1.29 is 15.3 Å². The molecule has 2 aliphatic rings. The maximum absolute atomic E-state index is 10.2. The molecule has 0 saturated carbocycles. The lowest BCUT2D eigenvalue weighted by Gasteiger charge is -2.39. The first-order valence-corrected chi connectivity index (χ1v) is 6.90. The second kappa shape index (κ2) is 4.86. The van der Waals surface area contributed by atoms with Crippen molar-refractivity contribution in [3.8, 4) is 0 Å². The van der Waals surface area contributed by atoms with Gasteiger partial charge in [0.15, 0.2) is 0 Å². The van der Waals surface area contributed by atoms with Crippen LogP contribution in [0.3, 0.4) is 0 Å². The Morgan fingerprint density at radius 1 is 1.26 bits per heavy atom. The smallest absolute Gasteiger partial charge is 0.0991 e. The summed E-state index contributed by atoms with van der Waals surface area (Å²) in [6.45, 7) is 3.22. The lowest BCUT2D eigenvalue weighted by molar-refractivity contribution is -0.0407. The topological polar surface area (TPSA) is 81.8 Å². The molecule has 0 radical (unpaired) electrons. The number of aliphatic hydroxyl groups is 3. The maximum Gasteiger partial charge on any atom is 0.0991 e. The predicted molar refractivity (Wildman–Crippen MR) is 68.6 cm³/mol. The second-order valence-corrected chi connectivity index (χ2v) is 5.63. The lowest BCUT2D eigenvalue weighted by Crippen LogP contribution is -2.52. The van der Waals surface area contributed by atoms with Crippen LogP contribution in [0.15, 0.2) is 12.5 Å². The summed E-state index contributed by atoms with van der Waals surface area (Å²) in [6, 6.07) is -0.183. The van der Waals surface area contributed by atoms with Crippen molar-refractivity contribution in [2.45, 2.75) is 50.2 Å². The molecule has 0 spiro atoms. The second-order valence-electron chi connectivity index (χ2n) is 5.63. The van der Waals surface area contributed by atoms with Crippen molar-refractivity contribution in [1.29, 1.82) is 0 Å². The van der Waals surface area contributed by atoms with Crippen LogP contribution in [0, 0.1) is 0 Å². The van der Waals surface area contributed by atoms with E-state index in [9.17, 15) is 15.3 Å². The van der Waals surface area contributed by atoms with E-state index < -0.39 is 18.3 Å². The van der Waals surface area contributed by atoms with Crippen LogP contribution in [0.4, 0.5) is 0 Å². The molecule has 2 fully saturated rings. The van der Waals surface area contributed by atoms with Crippen molar-refractivity contribution >= 4 is 0 Å². The Labute approximate surface area is 112 Å². The summed E-state index contributed by atoms with van der Waals surface area (Å²) >= 11 is 0. The molecule has 2 saturated heterocycles. The Morgan fingerprint density at radius 2 is 2.05 bits per heavy atom. The Hall–Kier alpha value is -0.950. The minimum Gasteiger partial charge on any atom is -0.391 e. The number of hydrogen-bond donors (Lipinski definition) is 3. The Bertz CT molecular complexity index is 450. The fourth-order valence-corrected chi connectivity index (χ4v) is 3.32. The summed E-state index contributed by atoms with van der Waals surface area (Å²) in [4.78, 5) is 6.30. The van der Waals surface area contributed by atoms with E-state index in [4.69, 9.17) is 0 Å². The van der Waals surface area contributed by atoms with Gasteiger partial charge in [0.25, 0.3) is 0 Å². The van der Waals surface area contributed by atoms with Gasteiger partial charge in [-0.3, -0.25) is 4.90 Å². The lowest BCUT2D eigenvalue weighted by atomic mass is 9.94. The predicted octanol–water partition coefficient (Wildman–Crippen LogP) is -0.843. The highest BCUT2D eigenvalue weighted by Crippen LogP contribution is 2.33. The van der Waals surface area contributed by atoms with Crippen LogP contribution < -0.4 is 0 Å². The molecule has 106 valence electrons. The van der Waals surface area contributed by atoms with Gasteiger partial charge in [-0.2, -0.15) is 0 Å². The monoisotopic (exact) mass is 267 g/mol. The van der Waals surface area contributed by atoms with Gasteiger partial charge < -0.3 is 19.9 Å². The number of piperidine rings is 1. The number of aryl methyl sites for hydroxylation is 1. The van der Waals surface area contributed by atoms with Gasteiger partial charge in [0.2, 0.25) is 0 Å². The normalized spacial score (nSPS) is 39.5. The molecule has 3 N–H and O–H groups in total. The van der Waals surface area contributed by atoms with Gasteiger partial charge >= 0.3 is 0 Å². The van der Waals surface area contributed by atoms with Crippen LogP contribution in [-0.4, -0.2) is 67.2 Å². The van der Waals surface area contributed by atoms with Crippen molar-refractivity contribution in [2.24, 2.45) is 0 Å². The molecule has 5 unspecified atom stereocenters. The minimum atomic E-state index is -0.843. The number of rotatable bonds is 2. The highest BCUT2D eigenvalue weighted by molar-refractivity contribution is 5.05. The van der Waals surface area contributed by atoms with Gasteiger partial charge in [0, 0.05) is 25.3 Å². The van der Waals surface area contributed by atoms with E-state index in [0.29, 0.717) is 13.0 Å². The minimum absolute atomic E-state index is 0.150. The highest BCUT2D eigenvalue weighted by Gasteiger charge is 2.47. The van der Waals surface area contributed by atoms with Gasteiger partial charge in [-0.15, -0.1) is 0 Å². The molecule has 1 aromatic heterocycles. The number of fused-ring (bicyclic) bond motifs is 1. The van der Waals surface area contributed by atoms with Gasteiger partial charge in [0.05, 0.1) is 36.4 Å². The van der Waals surface area contributed by atoms with Crippen molar-refractivity contribution in [3.05, 3.63) is 18.2 Å². The Kier molecular flexibility index (Phi) is 3.34. The zero-order valence-electron chi connectivity index (χ0n) is 11.1. The molecule has 3 rings (SSSR count). The Morgan fingerprint density at radius 3 is 2.74 bits per heavy atom. The average molecular weight is 267 g/mol. The molecule has 0 aliphatic carbocycles. The molecule has 3 heterocycles. The van der Waals surface area contributed by atoms with E-state index in [1.165, 1.54) is 0 Å². The van der Waals surface area contributed by atoms with Gasteiger partial charge in [-0.05, 0) is 12.8 Å². The number of nitrogens with zero attached hydrogens (tertiary/aromatic N) is 3. The third-order valence-electron chi connectivity index (χ3n) is 4.38. The van der Waals surface area contributed by atoms with E-state index in [0.717, 1.165) is 18.7 Å². The summed E-state index contributed by atoms with van der Waals surface area (Å²) in [5.74, 6) is 0. The van der Waals surface area contributed by atoms with Crippen LogP contribution >= 0.6 is 0 Å². The molecule has 6 nitrogen and oxygen atoms in total. The molecule has 19 heavy (non-hydrogen) atoms. The number of aromatic nitrogens is 2. The summed E-state index contributed by atoms with van der Waals surface area (Å²) in [7, 11) is 0. The quantitative estimate of drug-likeness (QED) is 0.651. The SMILES string of the molecule is CCc1cn(C2CC(O)C3C(O)C(O)CN3C2)cn1. The van der Waals surface area contributed by atoms with E-state index in [1.54, 1.807) is 6.33 Å². The first-order valence-electron chi connectivity index (χ1n) is 6.90. The Balaban J connectivity index is 1.77. The van der Waals surface area contributed by atoms with Crippen LogP contribution in [0.1, 0.15) is 25.1 Å². The fraction of sp³-hybridized carbons (Fsp3) is 0.769. The third kappa shape index (κ3) is 2.18. The average Bonchev–Trinajstić information content (AvgIpc) is 2.95. The van der Waals surface area contributed by atoms with Crippen LogP contribution in [0.5, 0.6) is 0 Å². The highest BCUT2D eigenvalue weighted by atomic mass is 16.3. The summed E-state index contributed by atoms with van der Waals surface area (Å²) in [5, 5.41) is 29.8. The fourth-order valence-electron chi connectivity index (χ4n) is 3.32. The van der Waals surface area contributed by atoms with E-state index in [1.807, 2.05) is 15.7 Å². The summed E-state index contributed by atoms with van der Waals surface area (Å²) < 4.78 is 2.04. The molecule has 1 aromatic rings. The standard InChI is InChI=1S/C13H21N3O3/c1-2-8-4-16(7-14-8)9-3-10(17)12-13(19)11(18)6-15(12)5-9/h4,7,9-13,17-19H,2-3,5-6H2,1H3. The first kappa shape index (κ1) is 13.1. The van der Waals surface area contributed by atoms with E-state index >= 15 is 0 Å². The molecule has 0 bridgehead atoms. The van der Waals surface area contributed by atoms with Crippen LogP contribution in [-0.2, 0) is 6.42 Å². The molecule has 2 aliphatic heterocycles. The molecular weight excluding hydrogens is 246 g/mol. The molecule has 6 heteroatoms. The van der Waals surface area contributed by atoms with Crippen molar-refractivity contribution in [3.63, 3.8) is 0 Å². The van der Waals surface area contributed by atoms with Crippen molar-refractivity contribution in [2.75, 3.05) is 13.1 Å². The van der Waals surface area contributed by atoms with Crippen molar-refractivity contribution in [1.82, 2.24) is 14.5 Å². The number of aliphatic hydroxyl groups excluding tert-OH is 3. The largest absolute Gasteiger partial charge is 0.391 e. The van der Waals surface area contributed by atoms with Gasteiger partial charge in [-0.25, -0.2) is 4.98 Å². The zero-order valence-corrected chi connectivity index (χ0v) is 11.1. The third-order valence-corrected chi connectivity index (χ3v) is 4.38. The van der Waals surface area contributed by atoms with E-state index in [2.05, 4.69) is 11.9 Å². The van der Waals surface area contributed by atoms with E-state index in [-0.39, 0.29) is 12.1 Å². The molecule has 0 aromatic carbocycles. The van der Waals surface area contributed by atoms with Crippen LogP contribution in [0.25, 0.3) is 0 Å². The van der Waals surface area contributed by atoms with Gasteiger partial charge in [0.1, 0.15) is 0 Å². The van der Waals surface area contributed by atoms with Crippen LogP contribution in [0.2, 0.25) is 0 Å². The van der Waals surface area contributed by atoms with Gasteiger partial charge in [-0.1, -0.05) is 6.92 Å². The zero-order chi connectivity index (χ0) is 13.6. The maximum atomic E-state index is 10.2. The summed E-state index contributed by atoms with van der Waals surface area (Å²) in [5.41, 5.74) is 1.04.